The van der Waals surface area contributed by atoms with Crippen LogP contribution in [-0.4, -0.2) is 40.2 Å². The van der Waals surface area contributed by atoms with Gasteiger partial charge in [0.25, 0.3) is 0 Å². The third-order valence-corrected chi connectivity index (χ3v) is 7.69. The Balaban J connectivity index is 1.72. The Labute approximate surface area is 220 Å². The second-order valence-corrected chi connectivity index (χ2v) is 10.1. The number of hydrogen-bond acceptors (Lipinski definition) is 7. The molecular weight excluding hydrogens is 550 g/mol. The highest BCUT2D eigenvalue weighted by Gasteiger charge is 2.38. The number of β-amino-alcohol motifs (C(OH)–C–C–N with tert-alkyl or cyclic N) is 1. The van der Waals surface area contributed by atoms with Crippen LogP contribution < -0.4 is 20.8 Å². The van der Waals surface area contributed by atoms with Crippen LogP contribution in [-0.2, 0) is 18.8 Å². The summed E-state index contributed by atoms with van der Waals surface area (Å²) in [6.45, 7) is 0.635. The summed E-state index contributed by atoms with van der Waals surface area (Å²) in [5, 5.41) is 33.1. The number of thiazole rings is 1. The van der Waals surface area contributed by atoms with E-state index in [1.165, 1.54) is 12.3 Å². The Morgan fingerprint density at radius 1 is 1.10 bits per heavy atom. The summed E-state index contributed by atoms with van der Waals surface area (Å²) in [6, 6.07) is 5.25. The van der Waals surface area contributed by atoms with Gasteiger partial charge in [0.1, 0.15) is 0 Å². The SMILES string of the molecule is O=c1sc(C(Cc2ccc(C(F)(F)F)cc2C(F)(F)F)=c2ccc3c(c2)C=NN=3)c(O)n1[C@H]1CCNC[C@@H]1O. The number of nitrogens with zero attached hydrogens (tertiary/aromatic N) is 3. The number of alkyl halides is 6. The Hall–Kier alpha value is -3.49. The lowest BCUT2D eigenvalue weighted by Crippen LogP contribution is -2.43. The van der Waals surface area contributed by atoms with Crippen molar-refractivity contribution < 1.29 is 36.6 Å². The molecule has 0 spiro atoms. The predicted octanol–water partition coefficient (Wildman–Crippen LogP) is 2.96. The molecule has 3 aromatic rings. The Kier molecular flexibility index (Phi) is 6.89. The minimum Gasteiger partial charge on any atom is -0.493 e. The zero-order valence-electron chi connectivity index (χ0n) is 19.8. The van der Waals surface area contributed by atoms with E-state index >= 15 is 0 Å². The zero-order chi connectivity index (χ0) is 28.1. The van der Waals surface area contributed by atoms with Gasteiger partial charge in [-0.1, -0.05) is 23.5 Å². The molecular formula is C25H20F6N4O3S. The van der Waals surface area contributed by atoms with Gasteiger partial charge in [0.15, 0.2) is 0 Å². The van der Waals surface area contributed by atoms with Gasteiger partial charge in [0.2, 0.25) is 5.88 Å². The summed E-state index contributed by atoms with van der Waals surface area (Å²) in [5.41, 5.74) is -2.78. The van der Waals surface area contributed by atoms with Crippen molar-refractivity contribution in [1.29, 1.82) is 0 Å². The van der Waals surface area contributed by atoms with Gasteiger partial charge in [-0.15, -0.1) is 0 Å². The second kappa shape index (κ2) is 9.92. The number of halogens is 6. The molecule has 5 rings (SSSR count). The van der Waals surface area contributed by atoms with E-state index in [0.29, 0.717) is 46.5 Å². The average molecular weight is 571 g/mol. The van der Waals surface area contributed by atoms with Crippen LogP contribution in [0.3, 0.4) is 0 Å². The molecule has 7 nitrogen and oxygen atoms in total. The lowest BCUT2D eigenvalue weighted by atomic mass is 9.94. The molecule has 1 saturated heterocycles. The number of piperidine rings is 1. The quantitative estimate of drug-likeness (QED) is 0.420. The third kappa shape index (κ3) is 5.23. The largest absolute Gasteiger partial charge is 0.493 e. The number of aromatic nitrogens is 1. The van der Waals surface area contributed by atoms with E-state index in [1.807, 2.05) is 0 Å². The molecule has 2 atom stereocenters. The number of hydrogen-bond donors (Lipinski definition) is 3. The normalized spacial score (nSPS) is 20.1. The van der Waals surface area contributed by atoms with Gasteiger partial charge in [0.05, 0.1) is 39.7 Å². The Morgan fingerprint density at radius 3 is 2.56 bits per heavy atom. The number of rotatable bonds is 4. The molecule has 1 fully saturated rings. The number of aliphatic hydroxyl groups excluding tert-OH is 1. The van der Waals surface area contributed by atoms with E-state index < -0.39 is 58.4 Å². The molecule has 0 radical (unpaired) electrons. The fourth-order valence-corrected chi connectivity index (χ4v) is 5.76. The van der Waals surface area contributed by atoms with Crippen LogP contribution in [0.1, 0.15) is 39.6 Å². The topological polar surface area (TPSA) is 99.2 Å². The molecule has 0 saturated carbocycles. The lowest BCUT2D eigenvalue weighted by molar-refractivity contribution is -0.143. The first kappa shape index (κ1) is 27.1. The van der Waals surface area contributed by atoms with Gasteiger partial charge < -0.3 is 15.5 Å². The summed E-state index contributed by atoms with van der Waals surface area (Å²) >= 11 is 0.583. The first-order valence-electron chi connectivity index (χ1n) is 11.7. The number of aliphatic hydroxyl groups is 1. The van der Waals surface area contributed by atoms with Crippen molar-refractivity contribution in [1.82, 2.24) is 9.88 Å². The van der Waals surface area contributed by atoms with Crippen LogP contribution in [0.15, 0.2) is 51.4 Å². The summed E-state index contributed by atoms with van der Waals surface area (Å²) in [4.78, 5) is 12.3. The van der Waals surface area contributed by atoms with Crippen LogP contribution in [0, 0.1) is 0 Å². The van der Waals surface area contributed by atoms with Crippen molar-refractivity contribution in [2.75, 3.05) is 13.1 Å². The van der Waals surface area contributed by atoms with Crippen molar-refractivity contribution in [2.45, 2.75) is 37.3 Å². The van der Waals surface area contributed by atoms with E-state index in [1.54, 1.807) is 12.1 Å². The summed E-state index contributed by atoms with van der Waals surface area (Å²) in [6.07, 6.45) is -9.91. The van der Waals surface area contributed by atoms with Gasteiger partial charge >= 0.3 is 17.2 Å². The number of fused-ring (bicyclic) bond motifs is 1. The van der Waals surface area contributed by atoms with Gasteiger partial charge in [-0.25, -0.2) is 0 Å². The van der Waals surface area contributed by atoms with Crippen molar-refractivity contribution in [2.24, 2.45) is 10.2 Å². The Bertz CT molecular complexity index is 1640. The maximum absolute atomic E-state index is 13.9. The molecule has 3 heterocycles. The maximum atomic E-state index is 13.9. The number of benzene rings is 2. The molecule has 0 aliphatic carbocycles. The van der Waals surface area contributed by atoms with E-state index in [9.17, 15) is 41.4 Å². The highest BCUT2D eigenvalue weighted by atomic mass is 32.1. The molecule has 0 amide bonds. The molecule has 14 heteroatoms. The van der Waals surface area contributed by atoms with Crippen LogP contribution in [0.5, 0.6) is 5.88 Å². The predicted molar refractivity (Wildman–Crippen MR) is 130 cm³/mol. The average Bonchev–Trinajstić information content (AvgIpc) is 3.45. The summed E-state index contributed by atoms with van der Waals surface area (Å²) < 4.78 is 82.5. The van der Waals surface area contributed by atoms with E-state index in [4.69, 9.17) is 0 Å². The van der Waals surface area contributed by atoms with Crippen LogP contribution in [0.2, 0.25) is 0 Å². The maximum Gasteiger partial charge on any atom is 0.416 e. The molecule has 3 N–H and O–H groups in total. The van der Waals surface area contributed by atoms with E-state index in [2.05, 4.69) is 15.5 Å². The number of aromatic hydroxyl groups is 1. The van der Waals surface area contributed by atoms with Crippen molar-refractivity contribution >= 4 is 23.1 Å². The molecule has 2 aliphatic rings. The minimum absolute atomic E-state index is 0.0504. The van der Waals surface area contributed by atoms with Crippen molar-refractivity contribution in [3.8, 4) is 5.88 Å². The van der Waals surface area contributed by atoms with Gasteiger partial charge in [-0.05, 0) is 53.6 Å². The highest BCUT2D eigenvalue weighted by Crippen LogP contribution is 2.40. The molecule has 0 unspecified atom stereocenters. The summed E-state index contributed by atoms with van der Waals surface area (Å²) in [7, 11) is 0. The lowest BCUT2D eigenvalue weighted by Gasteiger charge is -2.29. The first-order chi connectivity index (χ1) is 18.3. The second-order valence-electron chi connectivity index (χ2n) is 9.16. The minimum atomic E-state index is -5.11. The molecule has 1 aromatic heterocycles. The van der Waals surface area contributed by atoms with E-state index in [-0.39, 0.29) is 23.1 Å². The Morgan fingerprint density at radius 2 is 1.87 bits per heavy atom. The monoisotopic (exact) mass is 570 g/mol. The van der Waals surface area contributed by atoms with Crippen molar-refractivity contribution in [3.05, 3.63) is 83.8 Å². The fraction of sp³-hybridized carbons (Fsp3) is 0.320. The van der Waals surface area contributed by atoms with Crippen LogP contribution in [0.25, 0.3) is 5.57 Å². The standard InChI is InChI=1S/C25H20F6N4O3S/c26-24(27,28)15-3-1-13(17(9-15)25(29,30)31)8-16(12-2-4-18-14(7-12)10-33-34-18)21-22(37)35(23(38)39-21)19-5-6-32-11-20(19)36/h1-4,7,9-10,19-20,32,36-37H,5-6,8,11H2/t19-,20-/m0/s1. The zero-order valence-corrected chi connectivity index (χ0v) is 20.7. The molecule has 2 aromatic carbocycles. The molecule has 39 heavy (non-hydrogen) atoms. The van der Waals surface area contributed by atoms with Crippen molar-refractivity contribution in [3.63, 3.8) is 0 Å². The van der Waals surface area contributed by atoms with E-state index in [0.717, 1.165) is 10.6 Å². The van der Waals surface area contributed by atoms with Gasteiger partial charge in [0, 0.05) is 18.5 Å². The molecule has 206 valence electrons. The molecule has 0 bridgehead atoms. The van der Waals surface area contributed by atoms with Crippen LogP contribution in [0.4, 0.5) is 26.3 Å². The van der Waals surface area contributed by atoms with Gasteiger partial charge in [-0.2, -0.15) is 36.5 Å². The first-order valence-corrected chi connectivity index (χ1v) is 12.5. The fourth-order valence-electron chi connectivity index (χ4n) is 4.76. The van der Waals surface area contributed by atoms with Crippen LogP contribution >= 0.6 is 11.3 Å². The number of nitrogens with one attached hydrogen (secondary N) is 1. The van der Waals surface area contributed by atoms with Gasteiger partial charge in [-0.3, -0.25) is 9.36 Å². The molecule has 2 aliphatic heterocycles. The smallest absolute Gasteiger partial charge is 0.416 e. The highest BCUT2D eigenvalue weighted by molar-refractivity contribution is 7.10. The summed E-state index contributed by atoms with van der Waals surface area (Å²) in [5.74, 6) is -0.537. The third-order valence-electron chi connectivity index (χ3n) is 6.69.